The van der Waals surface area contributed by atoms with Gasteiger partial charge in [0.15, 0.2) is 0 Å². The fourth-order valence-electron chi connectivity index (χ4n) is 2.26. The van der Waals surface area contributed by atoms with Gasteiger partial charge < -0.3 is 10.6 Å². The summed E-state index contributed by atoms with van der Waals surface area (Å²) in [6, 6.07) is 12.5. The molecule has 1 amide bonds. The monoisotopic (exact) mass is 336 g/mol. The van der Waals surface area contributed by atoms with Crippen molar-refractivity contribution in [1.82, 2.24) is 5.32 Å². The van der Waals surface area contributed by atoms with Crippen molar-refractivity contribution in [2.24, 2.45) is 0 Å². The molecule has 0 aliphatic heterocycles. The molecule has 6 heteroatoms. The Labute approximate surface area is 138 Å². The summed E-state index contributed by atoms with van der Waals surface area (Å²) in [6.45, 7) is 3.91. The average molecular weight is 336 g/mol. The topological polar surface area (TPSA) is 41.1 Å². The van der Waals surface area contributed by atoms with Crippen molar-refractivity contribution in [2.75, 3.05) is 5.32 Å². The second-order valence-electron chi connectivity index (χ2n) is 5.60. The van der Waals surface area contributed by atoms with E-state index in [-0.39, 0.29) is 11.9 Å². The maximum absolute atomic E-state index is 12.6. The lowest BCUT2D eigenvalue weighted by Gasteiger charge is -2.15. The van der Waals surface area contributed by atoms with Crippen LogP contribution >= 0.6 is 0 Å². The Morgan fingerprint density at radius 1 is 1.04 bits per heavy atom. The first-order valence-electron chi connectivity index (χ1n) is 7.53. The number of amides is 1. The molecule has 1 unspecified atom stereocenters. The molecule has 0 aliphatic rings. The number of halogens is 3. The lowest BCUT2D eigenvalue weighted by Crippen LogP contribution is -2.18. The SMILES string of the molecule is CC(=O)Nc1ccc(CNC(C)c2ccc(C(F)(F)F)cc2)cc1. The van der Waals surface area contributed by atoms with Crippen molar-refractivity contribution in [3.05, 3.63) is 65.2 Å². The van der Waals surface area contributed by atoms with Gasteiger partial charge in [-0.15, -0.1) is 0 Å². The van der Waals surface area contributed by atoms with Gasteiger partial charge in [0, 0.05) is 25.2 Å². The molecule has 128 valence electrons. The quantitative estimate of drug-likeness (QED) is 0.843. The van der Waals surface area contributed by atoms with E-state index >= 15 is 0 Å². The van der Waals surface area contributed by atoms with Gasteiger partial charge in [-0.05, 0) is 42.3 Å². The van der Waals surface area contributed by atoms with E-state index < -0.39 is 11.7 Å². The van der Waals surface area contributed by atoms with Gasteiger partial charge in [-0.3, -0.25) is 4.79 Å². The van der Waals surface area contributed by atoms with Crippen molar-refractivity contribution in [3.8, 4) is 0 Å². The Hall–Kier alpha value is -2.34. The Balaban J connectivity index is 1.92. The summed E-state index contributed by atoms with van der Waals surface area (Å²) in [4.78, 5) is 11.0. The number of hydrogen-bond donors (Lipinski definition) is 2. The Bertz CT molecular complexity index is 679. The van der Waals surface area contributed by atoms with E-state index in [0.717, 1.165) is 28.9 Å². The second-order valence-corrected chi connectivity index (χ2v) is 5.60. The van der Waals surface area contributed by atoms with Gasteiger partial charge in [0.1, 0.15) is 0 Å². The van der Waals surface area contributed by atoms with Crippen LogP contribution < -0.4 is 10.6 Å². The summed E-state index contributed by atoms with van der Waals surface area (Å²) in [6.07, 6.45) is -4.31. The Morgan fingerprint density at radius 3 is 2.12 bits per heavy atom. The number of anilines is 1. The average Bonchev–Trinajstić information content (AvgIpc) is 2.52. The molecule has 24 heavy (non-hydrogen) atoms. The van der Waals surface area contributed by atoms with Gasteiger partial charge in [0.05, 0.1) is 5.56 Å². The fraction of sp³-hybridized carbons (Fsp3) is 0.278. The van der Waals surface area contributed by atoms with E-state index in [2.05, 4.69) is 10.6 Å². The molecule has 0 fully saturated rings. The van der Waals surface area contributed by atoms with Crippen LogP contribution in [0, 0.1) is 0 Å². The molecule has 0 aromatic heterocycles. The molecule has 0 heterocycles. The highest BCUT2D eigenvalue weighted by atomic mass is 19.4. The minimum absolute atomic E-state index is 0.0812. The number of rotatable bonds is 5. The van der Waals surface area contributed by atoms with E-state index in [1.54, 1.807) is 12.1 Å². The van der Waals surface area contributed by atoms with Crippen LogP contribution in [-0.4, -0.2) is 5.91 Å². The second kappa shape index (κ2) is 7.49. The van der Waals surface area contributed by atoms with Gasteiger partial charge in [-0.25, -0.2) is 0 Å². The third kappa shape index (κ3) is 5.09. The first-order valence-corrected chi connectivity index (χ1v) is 7.53. The van der Waals surface area contributed by atoms with E-state index in [1.807, 2.05) is 19.1 Å². The van der Waals surface area contributed by atoms with Crippen molar-refractivity contribution in [3.63, 3.8) is 0 Å². The predicted octanol–water partition coefficient (Wildman–Crippen LogP) is 4.51. The van der Waals surface area contributed by atoms with E-state index in [9.17, 15) is 18.0 Å². The zero-order valence-corrected chi connectivity index (χ0v) is 13.4. The molecule has 0 bridgehead atoms. The standard InChI is InChI=1S/C18H19F3N2O/c1-12(15-5-7-16(8-6-15)18(19,20)21)22-11-14-3-9-17(10-4-14)23-13(2)24/h3-10,12,22H,11H2,1-2H3,(H,23,24). The summed E-state index contributed by atoms with van der Waals surface area (Å²) in [5, 5.41) is 5.95. The van der Waals surface area contributed by atoms with Crippen LogP contribution in [0.4, 0.5) is 18.9 Å². The summed E-state index contributed by atoms with van der Waals surface area (Å²) in [5.41, 5.74) is 1.88. The number of nitrogens with one attached hydrogen (secondary N) is 2. The number of benzene rings is 2. The third-order valence-electron chi connectivity index (χ3n) is 3.62. The summed E-state index contributed by atoms with van der Waals surface area (Å²) in [5.74, 6) is -0.128. The highest BCUT2D eigenvalue weighted by molar-refractivity contribution is 5.88. The zero-order valence-electron chi connectivity index (χ0n) is 13.4. The van der Waals surface area contributed by atoms with Gasteiger partial charge in [-0.2, -0.15) is 13.2 Å². The van der Waals surface area contributed by atoms with Gasteiger partial charge in [0.2, 0.25) is 5.91 Å². The van der Waals surface area contributed by atoms with E-state index in [0.29, 0.717) is 6.54 Å². The molecule has 0 radical (unpaired) electrons. The predicted molar refractivity (Wildman–Crippen MR) is 87.4 cm³/mol. The largest absolute Gasteiger partial charge is 0.416 e. The van der Waals surface area contributed by atoms with E-state index in [1.165, 1.54) is 19.1 Å². The summed E-state index contributed by atoms with van der Waals surface area (Å²) < 4.78 is 37.7. The zero-order chi connectivity index (χ0) is 17.7. The van der Waals surface area contributed by atoms with E-state index in [4.69, 9.17) is 0 Å². The molecule has 2 N–H and O–H groups in total. The molecule has 0 aliphatic carbocycles. The van der Waals surface area contributed by atoms with Crippen molar-refractivity contribution < 1.29 is 18.0 Å². The summed E-state index contributed by atoms with van der Waals surface area (Å²) >= 11 is 0. The normalized spacial score (nSPS) is 12.7. The molecular formula is C18H19F3N2O. The molecule has 0 saturated carbocycles. The minimum atomic E-state index is -4.31. The Kier molecular flexibility index (Phi) is 5.62. The number of hydrogen-bond acceptors (Lipinski definition) is 2. The van der Waals surface area contributed by atoms with Gasteiger partial charge in [0.25, 0.3) is 0 Å². The molecule has 1 atom stereocenters. The maximum Gasteiger partial charge on any atom is 0.416 e. The molecule has 2 aromatic rings. The highest BCUT2D eigenvalue weighted by Crippen LogP contribution is 2.29. The lowest BCUT2D eigenvalue weighted by atomic mass is 10.1. The number of alkyl halides is 3. The molecule has 2 aromatic carbocycles. The number of carbonyl (C=O) groups excluding carboxylic acids is 1. The van der Waals surface area contributed by atoms with Crippen molar-refractivity contribution in [1.29, 1.82) is 0 Å². The van der Waals surface area contributed by atoms with Gasteiger partial charge >= 0.3 is 6.18 Å². The molecular weight excluding hydrogens is 317 g/mol. The maximum atomic E-state index is 12.6. The molecule has 2 rings (SSSR count). The number of carbonyl (C=O) groups is 1. The van der Waals surface area contributed by atoms with Crippen molar-refractivity contribution in [2.45, 2.75) is 32.6 Å². The third-order valence-corrected chi connectivity index (χ3v) is 3.62. The van der Waals surface area contributed by atoms with Gasteiger partial charge in [-0.1, -0.05) is 24.3 Å². The first-order chi connectivity index (χ1) is 11.3. The van der Waals surface area contributed by atoms with Crippen LogP contribution in [0.2, 0.25) is 0 Å². The van der Waals surface area contributed by atoms with Crippen LogP contribution in [0.5, 0.6) is 0 Å². The smallest absolute Gasteiger partial charge is 0.326 e. The Morgan fingerprint density at radius 2 is 1.62 bits per heavy atom. The van der Waals surface area contributed by atoms with Crippen LogP contribution in [0.15, 0.2) is 48.5 Å². The summed E-state index contributed by atoms with van der Waals surface area (Å²) in [7, 11) is 0. The molecule has 0 saturated heterocycles. The lowest BCUT2D eigenvalue weighted by molar-refractivity contribution is -0.137. The molecule has 0 spiro atoms. The highest BCUT2D eigenvalue weighted by Gasteiger charge is 2.30. The van der Waals surface area contributed by atoms with Crippen LogP contribution in [-0.2, 0) is 17.5 Å². The molecule has 3 nitrogen and oxygen atoms in total. The van der Waals surface area contributed by atoms with Crippen LogP contribution in [0.3, 0.4) is 0 Å². The van der Waals surface area contributed by atoms with Crippen LogP contribution in [0.25, 0.3) is 0 Å². The minimum Gasteiger partial charge on any atom is -0.326 e. The van der Waals surface area contributed by atoms with Crippen molar-refractivity contribution >= 4 is 11.6 Å². The van der Waals surface area contributed by atoms with Crippen LogP contribution in [0.1, 0.15) is 36.6 Å². The fourth-order valence-corrected chi connectivity index (χ4v) is 2.26. The first kappa shape index (κ1) is 18.0.